The fourth-order valence-electron chi connectivity index (χ4n) is 3.09. The Labute approximate surface area is 143 Å². The number of amides is 2. The molecule has 122 valence electrons. The Morgan fingerprint density at radius 2 is 2.25 bits per heavy atom. The van der Waals surface area contributed by atoms with Gasteiger partial charge < -0.3 is 10.6 Å². The summed E-state index contributed by atoms with van der Waals surface area (Å²) in [7, 11) is 0. The first-order chi connectivity index (χ1) is 11.7. The zero-order valence-electron chi connectivity index (χ0n) is 13.0. The molecule has 0 spiro atoms. The van der Waals surface area contributed by atoms with Crippen molar-refractivity contribution in [3.8, 4) is 11.3 Å². The van der Waals surface area contributed by atoms with Crippen LogP contribution < -0.4 is 10.6 Å². The lowest BCUT2D eigenvalue weighted by Crippen LogP contribution is -2.23. The average molecular weight is 339 g/mol. The molecule has 0 saturated carbocycles. The molecule has 2 aromatic rings. The first-order valence-electron chi connectivity index (χ1n) is 8.03. The van der Waals surface area contributed by atoms with Crippen LogP contribution >= 0.6 is 11.3 Å². The number of hydrogen-bond donors (Lipinski definition) is 2. The number of allylic oxidation sites excluding steroid dienone is 2. The maximum absolute atomic E-state index is 12.3. The van der Waals surface area contributed by atoms with Gasteiger partial charge in [0, 0.05) is 22.5 Å². The van der Waals surface area contributed by atoms with E-state index in [4.69, 9.17) is 0 Å². The highest BCUT2D eigenvalue weighted by molar-refractivity contribution is 7.14. The van der Waals surface area contributed by atoms with E-state index < -0.39 is 0 Å². The van der Waals surface area contributed by atoms with Gasteiger partial charge in [-0.15, -0.1) is 11.3 Å². The molecule has 0 bridgehead atoms. The second-order valence-corrected chi connectivity index (χ2v) is 6.96. The van der Waals surface area contributed by atoms with Gasteiger partial charge in [-0.2, -0.15) is 0 Å². The van der Waals surface area contributed by atoms with E-state index in [1.807, 2.05) is 23.6 Å². The number of carbonyl (C=O) groups is 2. The third-order valence-corrected chi connectivity index (χ3v) is 5.16. The van der Waals surface area contributed by atoms with Gasteiger partial charge in [-0.25, -0.2) is 4.98 Å². The van der Waals surface area contributed by atoms with Crippen molar-refractivity contribution in [3.05, 3.63) is 41.3 Å². The van der Waals surface area contributed by atoms with Crippen LogP contribution in [0.25, 0.3) is 11.3 Å². The average Bonchev–Trinajstić information content (AvgIpc) is 3.20. The molecule has 1 aromatic heterocycles. The summed E-state index contributed by atoms with van der Waals surface area (Å²) in [6.45, 7) is 0. The molecule has 2 N–H and O–H groups in total. The van der Waals surface area contributed by atoms with Crippen LogP contribution in [0.3, 0.4) is 0 Å². The summed E-state index contributed by atoms with van der Waals surface area (Å²) in [5.41, 5.74) is 3.64. The molecule has 0 saturated heterocycles. The van der Waals surface area contributed by atoms with Crippen molar-refractivity contribution in [2.75, 3.05) is 10.6 Å². The molecule has 1 aromatic carbocycles. The van der Waals surface area contributed by atoms with E-state index in [-0.39, 0.29) is 17.7 Å². The van der Waals surface area contributed by atoms with E-state index in [0.717, 1.165) is 41.8 Å². The molecule has 0 radical (unpaired) electrons. The summed E-state index contributed by atoms with van der Waals surface area (Å²) in [4.78, 5) is 28.2. The largest absolute Gasteiger partial charge is 0.326 e. The Morgan fingerprint density at radius 1 is 1.33 bits per heavy atom. The minimum absolute atomic E-state index is 0.0231. The second kappa shape index (κ2) is 6.20. The molecule has 6 heteroatoms. The summed E-state index contributed by atoms with van der Waals surface area (Å²) < 4.78 is 0. The topological polar surface area (TPSA) is 71.1 Å². The number of hydrogen-bond acceptors (Lipinski definition) is 4. The van der Waals surface area contributed by atoms with Crippen LogP contribution in [-0.2, 0) is 16.0 Å². The lowest BCUT2D eigenvalue weighted by molar-refractivity contribution is -0.120. The van der Waals surface area contributed by atoms with Gasteiger partial charge in [0.15, 0.2) is 5.13 Å². The van der Waals surface area contributed by atoms with Gasteiger partial charge in [0.25, 0.3) is 0 Å². The number of aromatic nitrogens is 1. The number of carbonyl (C=O) groups excluding carboxylic acids is 2. The zero-order valence-corrected chi connectivity index (χ0v) is 13.9. The number of benzene rings is 1. The van der Waals surface area contributed by atoms with Crippen LogP contribution in [0.2, 0.25) is 0 Å². The van der Waals surface area contributed by atoms with Crippen LogP contribution in [0.1, 0.15) is 24.8 Å². The molecule has 1 aliphatic carbocycles. The monoisotopic (exact) mass is 339 g/mol. The standard InChI is InChI=1S/C18H17N3O2S/c22-16-9-13-8-12(6-7-14(13)19-16)15-10-24-18(20-15)21-17(23)11-4-2-1-3-5-11/h1-2,6-8,10-11H,3-5,9H2,(H,19,22)(H,20,21,23)/t11-/m1/s1. The molecule has 2 heterocycles. The Kier molecular flexibility index (Phi) is 3.90. The molecule has 2 amide bonds. The molecule has 0 fully saturated rings. The Morgan fingerprint density at radius 3 is 3.08 bits per heavy atom. The van der Waals surface area contributed by atoms with E-state index in [1.54, 1.807) is 0 Å². The van der Waals surface area contributed by atoms with E-state index in [0.29, 0.717) is 11.6 Å². The lowest BCUT2D eigenvalue weighted by Gasteiger charge is -2.15. The number of nitrogens with one attached hydrogen (secondary N) is 2. The van der Waals surface area contributed by atoms with Gasteiger partial charge in [-0.1, -0.05) is 18.2 Å². The van der Waals surface area contributed by atoms with Crippen LogP contribution in [0, 0.1) is 5.92 Å². The van der Waals surface area contributed by atoms with Crippen molar-refractivity contribution in [2.24, 2.45) is 5.92 Å². The molecule has 4 rings (SSSR count). The van der Waals surface area contributed by atoms with Crippen LogP contribution in [0.4, 0.5) is 10.8 Å². The van der Waals surface area contributed by atoms with Crippen molar-refractivity contribution in [3.63, 3.8) is 0 Å². The highest BCUT2D eigenvalue weighted by Crippen LogP contribution is 2.31. The molecule has 1 atom stereocenters. The Bertz CT molecular complexity index is 841. The number of rotatable bonds is 3. The summed E-state index contributed by atoms with van der Waals surface area (Å²) >= 11 is 1.43. The lowest BCUT2D eigenvalue weighted by atomic mass is 9.94. The first kappa shape index (κ1) is 15.1. The maximum atomic E-state index is 12.3. The Balaban J connectivity index is 1.49. The Hall–Kier alpha value is -2.47. The molecule has 24 heavy (non-hydrogen) atoms. The van der Waals surface area contributed by atoms with E-state index in [9.17, 15) is 9.59 Å². The van der Waals surface area contributed by atoms with E-state index >= 15 is 0 Å². The highest BCUT2D eigenvalue weighted by Gasteiger charge is 2.21. The fraction of sp³-hybridized carbons (Fsp3) is 0.278. The number of fused-ring (bicyclic) bond motifs is 1. The van der Waals surface area contributed by atoms with Crippen molar-refractivity contribution in [1.82, 2.24) is 4.98 Å². The van der Waals surface area contributed by atoms with Gasteiger partial charge in [0.05, 0.1) is 12.1 Å². The second-order valence-electron chi connectivity index (χ2n) is 6.11. The summed E-state index contributed by atoms with van der Waals surface area (Å²) in [5.74, 6) is 0.110. The van der Waals surface area contributed by atoms with Crippen LogP contribution in [0.5, 0.6) is 0 Å². The zero-order chi connectivity index (χ0) is 16.5. The predicted octanol–water partition coefficient (Wildman–Crippen LogP) is 3.60. The predicted molar refractivity (Wildman–Crippen MR) is 95.0 cm³/mol. The highest BCUT2D eigenvalue weighted by atomic mass is 32.1. The van der Waals surface area contributed by atoms with Gasteiger partial charge >= 0.3 is 0 Å². The van der Waals surface area contributed by atoms with E-state index in [1.165, 1.54) is 11.3 Å². The molecular weight excluding hydrogens is 322 g/mol. The number of anilines is 2. The van der Waals surface area contributed by atoms with Gasteiger partial charge in [0.2, 0.25) is 11.8 Å². The minimum atomic E-state index is 0.0231. The number of nitrogens with zero attached hydrogens (tertiary/aromatic N) is 1. The van der Waals surface area contributed by atoms with Crippen molar-refractivity contribution >= 4 is 34.0 Å². The molecule has 5 nitrogen and oxygen atoms in total. The normalized spacial score (nSPS) is 19.0. The third kappa shape index (κ3) is 2.97. The van der Waals surface area contributed by atoms with E-state index in [2.05, 4.69) is 27.8 Å². The fourth-order valence-corrected chi connectivity index (χ4v) is 3.81. The molecule has 1 aliphatic heterocycles. The van der Waals surface area contributed by atoms with Gasteiger partial charge in [-0.05, 0) is 37.0 Å². The maximum Gasteiger partial charge on any atom is 0.229 e. The number of thiazole rings is 1. The molecule has 0 unspecified atom stereocenters. The summed E-state index contributed by atoms with van der Waals surface area (Å²) in [6, 6.07) is 5.83. The van der Waals surface area contributed by atoms with Gasteiger partial charge in [-0.3, -0.25) is 9.59 Å². The SMILES string of the molecule is O=C1Cc2cc(-c3csc(NC(=O)[C@@H]4CC=CCC4)n3)ccc2N1. The summed E-state index contributed by atoms with van der Waals surface area (Å²) in [6.07, 6.45) is 7.26. The smallest absolute Gasteiger partial charge is 0.229 e. The van der Waals surface area contributed by atoms with Crippen molar-refractivity contribution in [1.29, 1.82) is 0 Å². The first-order valence-corrected chi connectivity index (χ1v) is 8.91. The molecule has 2 aliphatic rings. The van der Waals surface area contributed by atoms with Gasteiger partial charge in [0.1, 0.15) is 0 Å². The quantitative estimate of drug-likeness (QED) is 0.839. The van der Waals surface area contributed by atoms with Crippen LogP contribution in [0.15, 0.2) is 35.7 Å². The minimum Gasteiger partial charge on any atom is -0.326 e. The molecular formula is C18H17N3O2S. The van der Waals surface area contributed by atoms with Crippen molar-refractivity contribution < 1.29 is 9.59 Å². The van der Waals surface area contributed by atoms with Crippen LogP contribution in [-0.4, -0.2) is 16.8 Å². The van der Waals surface area contributed by atoms with Crippen molar-refractivity contribution in [2.45, 2.75) is 25.7 Å². The summed E-state index contributed by atoms with van der Waals surface area (Å²) in [5, 5.41) is 8.31. The third-order valence-electron chi connectivity index (χ3n) is 4.40.